The van der Waals surface area contributed by atoms with Gasteiger partial charge in [-0.2, -0.15) is 0 Å². The van der Waals surface area contributed by atoms with Crippen LogP contribution < -0.4 is 5.32 Å². The molecular formula is C12H20N2O3. The summed E-state index contributed by atoms with van der Waals surface area (Å²) in [6.07, 6.45) is 2.17. The van der Waals surface area contributed by atoms with Crippen molar-refractivity contribution in [1.82, 2.24) is 10.2 Å². The summed E-state index contributed by atoms with van der Waals surface area (Å²) in [5, 5.41) is 2.94. The number of amides is 2. The molecule has 2 atom stereocenters. The second kappa shape index (κ2) is 4.38. The molecule has 2 heterocycles. The highest BCUT2D eigenvalue weighted by Gasteiger charge is 2.41. The normalized spacial score (nSPS) is 33.2. The fourth-order valence-electron chi connectivity index (χ4n) is 2.33. The maximum absolute atomic E-state index is 12.1. The summed E-state index contributed by atoms with van der Waals surface area (Å²) in [4.78, 5) is 25.2. The van der Waals surface area contributed by atoms with Crippen LogP contribution in [0.5, 0.6) is 0 Å². The number of imide groups is 1. The zero-order valence-electron chi connectivity index (χ0n) is 10.7. The van der Waals surface area contributed by atoms with E-state index in [1.54, 1.807) is 13.8 Å². The van der Waals surface area contributed by atoms with Crippen LogP contribution in [0.2, 0.25) is 0 Å². The number of nitrogens with zero attached hydrogens (tertiary/aromatic N) is 1. The van der Waals surface area contributed by atoms with Crippen LogP contribution in [0.25, 0.3) is 0 Å². The molecule has 2 rings (SSSR count). The first-order chi connectivity index (χ1) is 7.90. The van der Waals surface area contributed by atoms with E-state index in [0.717, 1.165) is 12.8 Å². The van der Waals surface area contributed by atoms with E-state index in [0.29, 0.717) is 6.54 Å². The molecule has 2 saturated heterocycles. The average Bonchev–Trinajstić information content (AvgIpc) is 2.66. The van der Waals surface area contributed by atoms with Crippen LogP contribution in [0.4, 0.5) is 0 Å². The highest BCUT2D eigenvalue weighted by Crippen LogP contribution is 2.22. The Morgan fingerprint density at radius 2 is 2.12 bits per heavy atom. The summed E-state index contributed by atoms with van der Waals surface area (Å²) in [5.74, 6) is -0.311. The summed E-state index contributed by atoms with van der Waals surface area (Å²) in [5.41, 5.74) is -0.655. The summed E-state index contributed by atoms with van der Waals surface area (Å²) in [6.45, 7) is 6.24. The molecule has 5 heteroatoms. The zero-order valence-corrected chi connectivity index (χ0v) is 10.7. The Kier molecular flexibility index (Phi) is 3.23. The Hall–Kier alpha value is -0.940. The number of piperazine rings is 1. The first kappa shape index (κ1) is 12.5. The number of nitrogens with one attached hydrogen (secondary N) is 1. The summed E-state index contributed by atoms with van der Waals surface area (Å²) >= 11 is 0. The first-order valence-corrected chi connectivity index (χ1v) is 6.15. The van der Waals surface area contributed by atoms with E-state index in [-0.39, 0.29) is 30.6 Å². The Morgan fingerprint density at radius 1 is 1.41 bits per heavy atom. The van der Waals surface area contributed by atoms with Gasteiger partial charge in [0, 0.05) is 0 Å². The van der Waals surface area contributed by atoms with Crippen LogP contribution >= 0.6 is 0 Å². The van der Waals surface area contributed by atoms with E-state index < -0.39 is 5.54 Å². The topological polar surface area (TPSA) is 58.6 Å². The van der Waals surface area contributed by atoms with Gasteiger partial charge < -0.3 is 4.74 Å². The molecule has 96 valence electrons. The molecule has 2 aliphatic heterocycles. The first-order valence-electron chi connectivity index (χ1n) is 6.15. The molecule has 0 aliphatic carbocycles. The lowest BCUT2D eigenvalue weighted by Gasteiger charge is -2.37. The number of carbonyl (C=O) groups is 2. The summed E-state index contributed by atoms with van der Waals surface area (Å²) in [6, 6.07) is 0. The quantitative estimate of drug-likeness (QED) is 0.705. The standard InChI is InChI=1S/C12H20N2O3/c1-8-4-5-9(17-8)7-14-10(15)6-13-12(2,3)11(14)16/h8-9,13H,4-7H2,1-3H3. The van der Waals surface area contributed by atoms with Gasteiger partial charge in [0.15, 0.2) is 0 Å². The molecule has 2 fully saturated rings. The van der Waals surface area contributed by atoms with Crippen molar-refractivity contribution in [3.8, 4) is 0 Å². The van der Waals surface area contributed by atoms with Gasteiger partial charge in [0.05, 0.1) is 30.8 Å². The van der Waals surface area contributed by atoms with Crippen LogP contribution in [0.15, 0.2) is 0 Å². The van der Waals surface area contributed by atoms with Crippen molar-refractivity contribution >= 4 is 11.8 Å². The Morgan fingerprint density at radius 3 is 2.71 bits per heavy atom. The molecular weight excluding hydrogens is 220 g/mol. The molecule has 0 radical (unpaired) electrons. The Labute approximate surface area is 101 Å². The number of hydrogen-bond donors (Lipinski definition) is 1. The minimum atomic E-state index is -0.655. The van der Waals surface area contributed by atoms with Crippen molar-refractivity contribution in [2.24, 2.45) is 0 Å². The number of ether oxygens (including phenoxy) is 1. The lowest BCUT2D eigenvalue weighted by molar-refractivity contribution is -0.154. The smallest absolute Gasteiger partial charge is 0.249 e. The molecule has 2 unspecified atom stereocenters. The van der Waals surface area contributed by atoms with Crippen LogP contribution in [0, 0.1) is 0 Å². The van der Waals surface area contributed by atoms with E-state index in [2.05, 4.69) is 5.32 Å². The third-order valence-corrected chi connectivity index (χ3v) is 3.47. The Bertz CT molecular complexity index is 341. The fraction of sp³-hybridized carbons (Fsp3) is 0.833. The molecule has 0 aromatic heterocycles. The van der Waals surface area contributed by atoms with Gasteiger partial charge in [0.25, 0.3) is 0 Å². The third kappa shape index (κ3) is 2.50. The maximum atomic E-state index is 12.1. The Balaban J connectivity index is 2.03. The largest absolute Gasteiger partial charge is 0.373 e. The average molecular weight is 240 g/mol. The molecule has 0 bridgehead atoms. The number of rotatable bonds is 2. The minimum Gasteiger partial charge on any atom is -0.373 e. The maximum Gasteiger partial charge on any atom is 0.249 e. The number of carbonyl (C=O) groups excluding carboxylic acids is 2. The van der Waals surface area contributed by atoms with E-state index in [1.165, 1.54) is 4.90 Å². The van der Waals surface area contributed by atoms with Crippen LogP contribution in [0.3, 0.4) is 0 Å². The third-order valence-electron chi connectivity index (χ3n) is 3.47. The van der Waals surface area contributed by atoms with Gasteiger partial charge in [0.1, 0.15) is 0 Å². The minimum absolute atomic E-state index is 0.00630. The molecule has 5 nitrogen and oxygen atoms in total. The summed E-state index contributed by atoms with van der Waals surface area (Å²) < 4.78 is 5.66. The van der Waals surface area contributed by atoms with Crippen molar-refractivity contribution in [1.29, 1.82) is 0 Å². The van der Waals surface area contributed by atoms with Gasteiger partial charge >= 0.3 is 0 Å². The van der Waals surface area contributed by atoms with E-state index in [9.17, 15) is 9.59 Å². The highest BCUT2D eigenvalue weighted by molar-refractivity contribution is 6.03. The lowest BCUT2D eigenvalue weighted by atomic mass is 10.00. The molecule has 2 aliphatic rings. The molecule has 0 aromatic rings. The molecule has 17 heavy (non-hydrogen) atoms. The van der Waals surface area contributed by atoms with Crippen molar-refractivity contribution in [2.45, 2.75) is 51.4 Å². The molecule has 2 amide bonds. The predicted molar refractivity (Wildman–Crippen MR) is 62.4 cm³/mol. The zero-order chi connectivity index (χ0) is 12.6. The predicted octanol–water partition coefficient (Wildman–Crippen LogP) is 0.291. The molecule has 0 saturated carbocycles. The van der Waals surface area contributed by atoms with Crippen LogP contribution in [0.1, 0.15) is 33.6 Å². The number of hydrogen-bond acceptors (Lipinski definition) is 4. The van der Waals surface area contributed by atoms with Gasteiger partial charge in [-0.05, 0) is 33.6 Å². The van der Waals surface area contributed by atoms with Gasteiger partial charge in [-0.3, -0.25) is 19.8 Å². The lowest BCUT2D eigenvalue weighted by Crippen LogP contribution is -2.64. The SMILES string of the molecule is CC1CCC(CN2C(=O)CNC(C)(C)C2=O)O1. The van der Waals surface area contributed by atoms with E-state index >= 15 is 0 Å². The van der Waals surface area contributed by atoms with Crippen LogP contribution in [-0.2, 0) is 14.3 Å². The second-order valence-corrected chi connectivity index (χ2v) is 5.43. The van der Waals surface area contributed by atoms with Crippen molar-refractivity contribution in [3.63, 3.8) is 0 Å². The molecule has 0 aromatic carbocycles. The van der Waals surface area contributed by atoms with Gasteiger partial charge in [-0.25, -0.2) is 0 Å². The highest BCUT2D eigenvalue weighted by atomic mass is 16.5. The van der Waals surface area contributed by atoms with Crippen molar-refractivity contribution in [3.05, 3.63) is 0 Å². The summed E-state index contributed by atoms with van der Waals surface area (Å²) in [7, 11) is 0. The van der Waals surface area contributed by atoms with Gasteiger partial charge in [0.2, 0.25) is 11.8 Å². The molecule has 1 N–H and O–H groups in total. The van der Waals surface area contributed by atoms with Gasteiger partial charge in [-0.15, -0.1) is 0 Å². The van der Waals surface area contributed by atoms with Gasteiger partial charge in [-0.1, -0.05) is 0 Å². The molecule has 0 spiro atoms. The fourth-order valence-corrected chi connectivity index (χ4v) is 2.33. The van der Waals surface area contributed by atoms with Crippen molar-refractivity contribution in [2.75, 3.05) is 13.1 Å². The monoisotopic (exact) mass is 240 g/mol. The van der Waals surface area contributed by atoms with Crippen LogP contribution in [-0.4, -0.2) is 47.6 Å². The van der Waals surface area contributed by atoms with E-state index in [1.807, 2.05) is 6.92 Å². The van der Waals surface area contributed by atoms with E-state index in [4.69, 9.17) is 4.74 Å². The second-order valence-electron chi connectivity index (χ2n) is 5.43. The van der Waals surface area contributed by atoms with Crippen molar-refractivity contribution < 1.29 is 14.3 Å².